The van der Waals surface area contributed by atoms with Crippen LogP contribution in [-0.4, -0.2) is 29.7 Å². The lowest BCUT2D eigenvalue weighted by Crippen LogP contribution is -2.16. The second-order valence-electron chi connectivity index (χ2n) is 6.60. The maximum atomic E-state index is 13.7. The lowest BCUT2D eigenvalue weighted by molar-refractivity contribution is 0.347. The molecule has 3 aromatic rings. The van der Waals surface area contributed by atoms with Crippen LogP contribution in [-0.2, 0) is 9.84 Å². The van der Waals surface area contributed by atoms with Gasteiger partial charge in [-0.15, -0.1) is 0 Å². The van der Waals surface area contributed by atoms with Gasteiger partial charge in [0.15, 0.2) is 21.3 Å². The Bertz CT molecular complexity index is 1070. The summed E-state index contributed by atoms with van der Waals surface area (Å²) in [5.41, 5.74) is 2.11. The Morgan fingerprint density at radius 3 is 1.83 bits per heavy atom. The minimum Gasteiger partial charge on any atom is -0.496 e. The van der Waals surface area contributed by atoms with Gasteiger partial charge in [0.1, 0.15) is 11.0 Å². The molecule has 1 unspecified atom stereocenters. The van der Waals surface area contributed by atoms with Gasteiger partial charge in [-0.1, -0.05) is 48.0 Å². The smallest absolute Gasteiger partial charge is 0.189 e. The van der Waals surface area contributed by atoms with E-state index in [1.807, 2.05) is 25.1 Å². The Kier molecular flexibility index (Phi) is 6.13. The Morgan fingerprint density at radius 2 is 1.28 bits per heavy atom. The van der Waals surface area contributed by atoms with Crippen LogP contribution in [0.5, 0.6) is 17.2 Å². The normalized spacial score (nSPS) is 12.3. The van der Waals surface area contributed by atoms with Gasteiger partial charge in [0.25, 0.3) is 0 Å². The zero-order valence-electron chi connectivity index (χ0n) is 16.9. The van der Waals surface area contributed by atoms with Crippen LogP contribution in [0.15, 0.2) is 71.6 Å². The van der Waals surface area contributed by atoms with Crippen molar-refractivity contribution < 1.29 is 22.6 Å². The van der Waals surface area contributed by atoms with Crippen LogP contribution in [0.25, 0.3) is 0 Å². The summed E-state index contributed by atoms with van der Waals surface area (Å²) < 4.78 is 43.8. The number of hydrogen-bond donors (Lipinski definition) is 0. The van der Waals surface area contributed by atoms with Gasteiger partial charge in [-0.05, 0) is 30.7 Å². The number of benzene rings is 3. The molecule has 0 saturated heterocycles. The van der Waals surface area contributed by atoms with Gasteiger partial charge in [0.2, 0.25) is 0 Å². The molecular weight excluding hydrogens is 388 g/mol. The zero-order valence-corrected chi connectivity index (χ0v) is 17.7. The molecule has 0 radical (unpaired) electrons. The van der Waals surface area contributed by atoms with Crippen molar-refractivity contribution >= 4 is 9.84 Å². The third kappa shape index (κ3) is 4.07. The molecule has 0 aliphatic heterocycles. The van der Waals surface area contributed by atoms with E-state index in [1.165, 1.54) is 21.3 Å². The third-order valence-corrected chi connectivity index (χ3v) is 6.86. The molecule has 1 atom stereocenters. The lowest BCUT2D eigenvalue weighted by atomic mass is 10.0. The molecule has 0 spiro atoms. The van der Waals surface area contributed by atoms with Crippen LogP contribution >= 0.6 is 0 Å². The van der Waals surface area contributed by atoms with E-state index in [4.69, 9.17) is 14.2 Å². The molecule has 29 heavy (non-hydrogen) atoms. The van der Waals surface area contributed by atoms with Crippen molar-refractivity contribution in [3.05, 3.63) is 83.4 Å². The highest BCUT2D eigenvalue weighted by Crippen LogP contribution is 2.44. The van der Waals surface area contributed by atoms with Gasteiger partial charge in [-0.2, -0.15) is 0 Å². The van der Waals surface area contributed by atoms with Gasteiger partial charge in [0, 0.05) is 11.6 Å². The molecule has 0 saturated carbocycles. The van der Waals surface area contributed by atoms with Crippen molar-refractivity contribution in [1.29, 1.82) is 0 Å². The highest BCUT2D eigenvalue weighted by Gasteiger charge is 2.34. The number of aryl methyl sites for hydroxylation is 1. The molecule has 0 bridgehead atoms. The number of hydrogen-bond acceptors (Lipinski definition) is 5. The first-order valence-corrected chi connectivity index (χ1v) is 10.6. The SMILES string of the molecule is COc1cc(OC)c(C(c2ccccc2)S(=O)(=O)c2ccc(C)cc2)cc1OC. The quantitative estimate of drug-likeness (QED) is 0.568. The molecule has 0 aliphatic carbocycles. The minimum atomic E-state index is -3.78. The maximum absolute atomic E-state index is 13.7. The van der Waals surface area contributed by atoms with E-state index >= 15 is 0 Å². The first-order chi connectivity index (χ1) is 13.9. The summed E-state index contributed by atoms with van der Waals surface area (Å²) in [6.45, 7) is 1.92. The van der Waals surface area contributed by atoms with Crippen LogP contribution < -0.4 is 14.2 Å². The molecule has 6 heteroatoms. The highest BCUT2D eigenvalue weighted by atomic mass is 32.2. The van der Waals surface area contributed by atoms with Crippen LogP contribution in [0.3, 0.4) is 0 Å². The number of sulfone groups is 1. The molecule has 0 aliphatic rings. The summed E-state index contributed by atoms with van der Waals surface area (Å²) >= 11 is 0. The van der Waals surface area contributed by atoms with Gasteiger partial charge in [-0.3, -0.25) is 0 Å². The molecule has 0 heterocycles. The van der Waals surface area contributed by atoms with Crippen molar-refractivity contribution in [3.8, 4) is 17.2 Å². The third-order valence-electron chi connectivity index (χ3n) is 4.78. The summed E-state index contributed by atoms with van der Waals surface area (Å²) in [6, 6.07) is 19.3. The number of methoxy groups -OCH3 is 3. The second-order valence-corrected chi connectivity index (χ2v) is 8.63. The predicted octanol–water partition coefficient (Wildman–Crippen LogP) is 4.58. The zero-order chi connectivity index (χ0) is 21.0. The summed E-state index contributed by atoms with van der Waals surface area (Å²) in [6.07, 6.45) is 0. The van der Waals surface area contributed by atoms with Crippen molar-refractivity contribution in [2.75, 3.05) is 21.3 Å². The standard InChI is InChI=1S/C23H24O5S/c1-16-10-12-18(13-11-16)29(24,25)23(17-8-6-5-7-9-17)19-14-21(27-3)22(28-4)15-20(19)26-2/h5-15,23H,1-4H3. The van der Waals surface area contributed by atoms with Crippen LogP contribution in [0.4, 0.5) is 0 Å². The molecule has 152 valence electrons. The molecule has 3 rings (SSSR count). The minimum absolute atomic E-state index is 0.244. The predicted molar refractivity (Wildman–Crippen MR) is 113 cm³/mol. The van der Waals surface area contributed by atoms with E-state index < -0.39 is 15.1 Å². The van der Waals surface area contributed by atoms with Gasteiger partial charge >= 0.3 is 0 Å². The Hall–Kier alpha value is -2.99. The van der Waals surface area contributed by atoms with Crippen molar-refractivity contribution in [2.45, 2.75) is 17.1 Å². The highest BCUT2D eigenvalue weighted by molar-refractivity contribution is 7.92. The van der Waals surface area contributed by atoms with E-state index in [-0.39, 0.29) is 4.90 Å². The van der Waals surface area contributed by atoms with Crippen LogP contribution in [0, 0.1) is 6.92 Å². The average molecular weight is 413 g/mol. The largest absolute Gasteiger partial charge is 0.496 e. The van der Waals surface area contributed by atoms with Crippen molar-refractivity contribution in [1.82, 2.24) is 0 Å². The number of rotatable bonds is 7. The Morgan fingerprint density at radius 1 is 0.724 bits per heavy atom. The van der Waals surface area contributed by atoms with E-state index in [9.17, 15) is 8.42 Å². The Balaban J connectivity index is 2.29. The van der Waals surface area contributed by atoms with Crippen LogP contribution in [0.2, 0.25) is 0 Å². The molecule has 0 aromatic heterocycles. The van der Waals surface area contributed by atoms with E-state index in [0.717, 1.165) is 5.56 Å². The number of ether oxygens (including phenoxy) is 3. The fourth-order valence-electron chi connectivity index (χ4n) is 3.28. The fraction of sp³-hybridized carbons (Fsp3) is 0.217. The maximum Gasteiger partial charge on any atom is 0.189 e. The molecule has 0 fully saturated rings. The fourth-order valence-corrected chi connectivity index (χ4v) is 5.10. The topological polar surface area (TPSA) is 61.8 Å². The molecule has 0 N–H and O–H groups in total. The van der Waals surface area contributed by atoms with E-state index in [2.05, 4.69) is 0 Å². The molecule has 5 nitrogen and oxygen atoms in total. The summed E-state index contributed by atoms with van der Waals surface area (Å²) in [5, 5.41) is -0.971. The summed E-state index contributed by atoms with van der Waals surface area (Å²) in [5.74, 6) is 1.31. The summed E-state index contributed by atoms with van der Waals surface area (Å²) in [4.78, 5) is 0.244. The van der Waals surface area contributed by atoms with Gasteiger partial charge in [0.05, 0.1) is 26.2 Å². The van der Waals surface area contributed by atoms with Gasteiger partial charge < -0.3 is 14.2 Å². The summed E-state index contributed by atoms with van der Waals surface area (Å²) in [7, 11) is 0.764. The van der Waals surface area contributed by atoms with Crippen molar-refractivity contribution in [2.24, 2.45) is 0 Å². The molecule has 3 aromatic carbocycles. The average Bonchev–Trinajstić information content (AvgIpc) is 2.74. The first kappa shape index (κ1) is 20.7. The van der Waals surface area contributed by atoms with Crippen molar-refractivity contribution in [3.63, 3.8) is 0 Å². The first-order valence-electron chi connectivity index (χ1n) is 9.07. The van der Waals surface area contributed by atoms with Crippen LogP contribution in [0.1, 0.15) is 21.9 Å². The molecular formula is C23H24O5S. The molecule has 0 amide bonds. The lowest BCUT2D eigenvalue weighted by Gasteiger charge is -2.22. The van der Waals surface area contributed by atoms with Gasteiger partial charge in [-0.25, -0.2) is 8.42 Å². The Labute approximate surface area is 171 Å². The second kappa shape index (κ2) is 8.57. The van der Waals surface area contributed by atoms with E-state index in [1.54, 1.807) is 48.5 Å². The monoisotopic (exact) mass is 412 g/mol. The van der Waals surface area contributed by atoms with E-state index in [0.29, 0.717) is 28.4 Å².